The maximum atomic E-state index is 11.9. The van der Waals surface area contributed by atoms with E-state index in [0.29, 0.717) is 6.54 Å². The third-order valence-electron chi connectivity index (χ3n) is 3.98. The molecule has 2 aromatic rings. The molecule has 1 aromatic heterocycles. The van der Waals surface area contributed by atoms with Crippen LogP contribution in [0.15, 0.2) is 10.5 Å². The van der Waals surface area contributed by atoms with Crippen LogP contribution in [-0.4, -0.2) is 23.6 Å². The number of carbonyl (C=O) groups excluding carboxylic acids is 2. The molecular weight excluding hydrogens is 336 g/mol. The highest BCUT2D eigenvalue weighted by Crippen LogP contribution is 2.41. The highest BCUT2D eigenvalue weighted by atomic mass is 79.9. The number of anilines is 1. The number of halogens is 1. The van der Waals surface area contributed by atoms with E-state index >= 15 is 0 Å². The van der Waals surface area contributed by atoms with E-state index in [0.717, 1.165) is 37.9 Å². The van der Waals surface area contributed by atoms with Gasteiger partial charge in [0.1, 0.15) is 6.54 Å². The summed E-state index contributed by atoms with van der Waals surface area (Å²) in [5.74, 6) is -0.346. The molecule has 1 aromatic carbocycles. The summed E-state index contributed by atoms with van der Waals surface area (Å²) in [6.45, 7) is 4.21. The van der Waals surface area contributed by atoms with Crippen LogP contribution in [0.4, 0.5) is 5.69 Å². The quantitative estimate of drug-likeness (QED) is 0.847. The predicted molar refractivity (Wildman–Crippen MR) is 83.5 cm³/mol. The highest BCUT2D eigenvalue weighted by Gasteiger charge is 2.26. The number of nitrogens with one attached hydrogen (secondary N) is 1. The first-order valence-corrected chi connectivity index (χ1v) is 7.40. The van der Waals surface area contributed by atoms with E-state index in [1.165, 1.54) is 7.11 Å². The number of esters is 1. The van der Waals surface area contributed by atoms with E-state index in [1.54, 1.807) is 0 Å². The first kappa shape index (κ1) is 14.1. The van der Waals surface area contributed by atoms with Gasteiger partial charge in [-0.1, -0.05) is 0 Å². The van der Waals surface area contributed by atoms with E-state index < -0.39 is 0 Å². The standard InChI is InChI=1S/C15H15BrN2O3/c1-7-4-10-13(16)9(5-12(20)21-3)8(2)14-15(10)18(7)6-11(19)17-14/h4H,5-6H2,1-3H3,(H,17,19). The van der Waals surface area contributed by atoms with Gasteiger partial charge >= 0.3 is 5.97 Å². The van der Waals surface area contributed by atoms with Crippen LogP contribution in [0.2, 0.25) is 0 Å². The molecule has 1 N–H and O–H groups in total. The van der Waals surface area contributed by atoms with Gasteiger partial charge < -0.3 is 14.6 Å². The second-order valence-corrected chi connectivity index (χ2v) is 6.02. The van der Waals surface area contributed by atoms with Gasteiger partial charge in [-0.3, -0.25) is 9.59 Å². The zero-order chi connectivity index (χ0) is 15.3. The monoisotopic (exact) mass is 350 g/mol. The van der Waals surface area contributed by atoms with Gasteiger partial charge in [0, 0.05) is 15.6 Å². The molecule has 0 fully saturated rings. The van der Waals surface area contributed by atoms with Gasteiger partial charge in [-0.05, 0) is 47.0 Å². The Morgan fingerprint density at radius 1 is 1.48 bits per heavy atom. The van der Waals surface area contributed by atoms with Crippen LogP contribution in [0.5, 0.6) is 0 Å². The van der Waals surface area contributed by atoms with Crippen LogP contribution in [0.3, 0.4) is 0 Å². The average molecular weight is 351 g/mol. The Bertz CT molecular complexity index is 792. The van der Waals surface area contributed by atoms with E-state index in [-0.39, 0.29) is 18.3 Å². The molecule has 0 saturated heterocycles. The van der Waals surface area contributed by atoms with Gasteiger partial charge in [-0.25, -0.2) is 0 Å². The number of methoxy groups -OCH3 is 1. The van der Waals surface area contributed by atoms with E-state index in [2.05, 4.69) is 21.2 Å². The molecule has 0 saturated carbocycles. The average Bonchev–Trinajstić information content (AvgIpc) is 2.78. The molecule has 1 amide bonds. The van der Waals surface area contributed by atoms with Crippen LogP contribution < -0.4 is 5.32 Å². The number of aryl methyl sites for hydroxylation is 1. The van der Waals surface area contributed by atoms with Gasteiger partial charge in [0.15, 0.2) is 0 Å². The van der Waals surface area contributed by atoms with E-state index in [4.69, 9.17) is 4.74 Å². The third kappa shape index (κ3) is 2.05. The Labute approximate surface area is 130 Å². The molecular formula is C15H15BrN2O3. The van der Waals surface area contributed by atoms with Gasteiger partial charge in [0.05, 0.1) is 24.7 Å². The van der Waals surface area contributed by atoms with Crippen molar-refractivity contribution in [1.29, 1.82) is 0 Å². The molecule has 3 rings (SSSR count). The van der Waals surface area contributed by atoms with Crippen molar-refractivity contribution in [3.05, 3.63) is 27.4 Å². The van der Waals surface area contributed by atoms with Crippen LogP contribution in [-0.2, 0) is 27.3 Å². The number of nitrogens with zero attached hydrogens (tertiary/aromatic N) is 1. The largest absolute Gasteiger partial charge is 0.469 e. The van der Waals surface area contributed by atoms with E-state index in [9.17, 15) is 9.59 Å². The number of aromatic nitrogens is 1. The summed E-state index contributed by atoms with van der Waals surface area (Å²) in [5.41, 5.74) is 4.56. The first-order chi connectivity index (χ1) is 9.93. The summed E-state index contributed by atoms with van der Waals surface area (Å²) in [6.07, 6.45) is 0.173. The molecule has 0 aliphatic carbocycles. The lowest BCUT2D eigenvalue weighted by Crippen LogP contribution is -2.25. The molecule has 2 heterocycles. The van der Waals surface area contributed by atoms with Crippen LogP contribution in [0.25, 0.3) is 10.9 Å². The summed E-state index contributed by atoms with van der Waals surface area (Å²) < 4.78 is 7.66. The number of rotatable bonds is 2. The number of hydrogen-bond donors (Lipinski definition) is 1. The molecule has 0 bridgehead atoms. The normalized spacial score (nSPS) is 13.4. The van der Waals surface area contributed by atoms with Crippen LogP contribution >= 0.6 is 15.9 Å². The Hall–Kier alpha value is -1.82. The molecule has 1 aliphatic rings. The molecule has 1 aliphatic heterocycles. The highest BCUT2D eigenvalue weighted by molar-refractivity contribution is 9.10. The Morgan fingerprint density at radius 2 is 2.19 bits per heavy atom. The molecule has 0 radical (unpaired) electrons. The fraction of sp³-hybridized carbons (Fsp3) is 0.333. The fourth-order valence-electron chi connectivity index (χ4n) is 2.88. The molecule has 5 nitrogen and oxygen atoms in total. The minimum Gasteiger partial charge on any atom is -0.469 e. The number of carbonyl (C=O) groups is 2. The van der Waals surface area contributed by atoms with Crippen molar-refractivity contribution in [3.63, 3.8) is 0 Å². The topological polar surface area (TPSA) is 60.3 Å². The summed E-state index contributed by atoms with van der Waals surface area (Å²) >= 11 is 3.61. The van der Waals surface area contributed by atoms with Crippen molar-refractivity contribution in [2.24, 2.45) is 0 Å². The van der Waals surface area contributed by atoms with Gasteiger partial charge in [-0.15, -0.1) is 0 Å². The molecule has 110 valence electrons. The lowest BCUT2D eigenvalue weighted by molar-refractivity contribution is -0.139. The van der Waals surface area contributed by atoms with E-state index in [1.807, 2.05) is 24.5 Å². The predicted octanol–water partition coefficient (Wildman–Crippen LogP) is 2.69. The minimum absolute atomic E-state index is 0.0439. The zero-order valence-electron chi connectivity index (χ0n) is 12.0. The van der Waals surface area contributed by atoms with Gasteiger partial charge in [0.25, 0.3) is 0 Å². The van der Waals surface area contributed by atoms with Gasteiger partial charge in [-0.2, -0.15) is 0 Å². The third-order valence-corrected chi connectivity index (χ3v) is 4.89. The van der Waals surface area contributed by atoms with Crippen LogP contribution in [0, 0.1) is 13.8 Å². The molecule has 0 spiro atoms. The Morgan fingerprint density at radius 3 is 2.86 bits per heavy atom. The summed E-state index contributed by atoms with van der Waals surface area (Å²) in [7, 11) is 1.37. The van der Waals surface area contributed by atoms with Crippen molar-refractivity contribution in [2.75, 3.05) is 12.4 Å². The summed E-state index contributed by atoms with van der Waals surface area (Å²) in [5, 5.41) is 3.94. The smallest absolute Gasteiger partial charge is 0.310 e. The van der Waals surface area contributed by atoms with Crippen LogP contribution in [0.1, 0.15) is 16.8 Å². The SMILES string of the molecule is COC(=O)Cc1c(C)c2c3c(cc(C)n3CC(=O)N2)c1Br. The fourth-order valence-corrected chi connectivity index (χ4v) is 3.62. The van der Waals surface area contributed by atoms with Gasteiger partial charge in [0.2, 0.25) is 5.91 Å². The Balaban J connectivity index is 2.33. The Kier molecular flexibility index (Phi) is 3.28. The van der Waals surface area contributed by atoms with Crippen molar-refractivity contribution in [1.82, 2.24) is 4.57 Å². The van der Waals surface area contributed by atoms with Crippen molar-refractivity contribution in [2.45, 2.75) is 26.8 Å². The number of benzene rings is 1. The first-order valence-electron chi connectivity index (χ1n) is 6.61. The van der Waals surface area contributed by atoms with Crippen molar-refractivity contribution < 1.29 is 14.3 Å². The molecule has 0 unspecified atom stereocenters. The second-order valence-electron chi connectivity index (χ2n) is 5.23. The summed E-state index contributed by atoms with van der Waals surface area (Å²) in [4.78, 5) is 23.5. The summed E-state index contributed by atoms with van der Waals surface area (Å²) in [6, 6.07) is 2.03. The molecule has 21 heavy (non-hydrogen) atoms. The lowest BCUT2D eigenvalue weighted by atomic mass is 10.00. The molecule has 6 heteroatoms. The van der Waals surface area contributed by atoms with Crippen molar-refractivity contribution >= 4 is 44.4 Å². The minimum atomic E-state index is -0.302. The maximum Gasteiger partial charge on any atom is 0.310 e. The maximum absolute atomic E-state index is 11.9. The second kappa shape index (κ2) is 4.87. The number of amides is 1. The zero-order valence-corrected chi connectivity index (χ0v) is 13.6. The van der Waals surface area contributed by atoms with Crippen molar-refractivity contribution in [3.8, 4) is 0 Å². The number of hydrogen-bond acceptors (Lipinski definition) is 3. The lowest BCUT2D eigenvalue weighted by Gasteiger charge is -2.22. The number of ether oxygens (including phenoxy) is 1. The molecule has 0 atom stereocenters.